The van der Waals surface area contributed by atoms with Gasteiger partial charge in [0.15, 0.2) is 0 Å². The maximum atomic E-state index is 10.4. The van der Waals surface area contributed by atoms with Crippen LogP contribution in [0.15, 0.2) is 0 Å². The van der Waals surface area contributed by atoms with Crippen LogP contribution in [0.1, 0.15) is 45.4 Å². The number of aliphatic hydroxyl groups is 1. The smallest absolute Gasteiger partial charge is 0.0799 e. The summed E-state index contributed by atoms with van der Waals surface area (Å²) < 4.78 is 0. The molecule has 0 radical (unpaired) electrons. The molecule has 0 spiro atoms. The molecule has 1 atom stereocenters. The fourth-order valence-electron chi connectivity index (χ4n) is 2.87. The average molecular weight is 183 g/mol. The molecule has 1 saturated heterocycles. The van der Waals surface area contributed by atoms with E-state index in [-0.39, 0.29) is 5.60 Å². The number of rotatable bonds is 2. The molecule has 0 bridgehead atoms. The van der Waals surface area contributed by atoms with Gasteiger partial charge >= 0.3 is 0 Å². The lowest BCUT2D eigenvalue weighted by Crippen LogP contribution is -2.48. The molecule has 76 valence electrons. The molecule has 1 unspecified atom stereocenters. The SMILES string of the molecule is CC(N1CCCC1)C1(O)CCCC1. The zero-order valence-electron chi connectivity index (χ0n) is 8.63. The lowest BCUT2D eigenvalue weighted by atomic mass is 9.93. The minimum absolute atomic E-state index is 0.357. The first-order chi connectivity index (χ1) is 6.22. The largest absolute Gasteiger partial charge is 0.388 e. The summed E-state index contributed by atoms with van der Waals surface area (Å²) in [6.45, 7) is 4.60. The second-order valence-electron chi connectivity index (χ2n) is 4.73. The molecule has 13 heavy (non-hydrogen) atoms. The van der Waals surface area contributed by atoms with Gasteiger partial charge in [0, 0.05) is 6.04 Å². The van der Waals surface area contributed by atoms with Crippen molar-refractivity contribution in [2.75, 3.05) is 13.1 Å². The Morgan fingerprint density at radius 1 is 1.08 bits per heavy atom. The Kier molecular flexibility index (Phi) is 2.61. The molecule has 1 aliphatic carbocycles. The molecule has 2 heteroatoms. The third-order valence-corrected chi connectivity index (χ3v) is 3.94. The van der Waals surface area contributed by atoms with Crippen LogP contribution in [0.2, 0.25) is 0 Å². The summed E-state index contributed by atoms with van der Waals surface area (Å²) in [5.41, 5.74) is -0.357. The van der Waals surface area contributed by atoms with E-state index in [1.54, 1.807) is 0 Å². The molecule has 2 nitrogen and oxygen atoms in total. The van der Waals surface area contributed by atoms with Gasteiger partial charge in [0.05, 0.1) is 5.60 Å². The summed E-state index contributed by atoms with van der Waals surface area (Å²) in [5.74, 6) is 0. The highest BCUT2D eigenvalue weighted by Crippen LogP contribution is 2.35. The molecule has 1 saturated carbocycles. The van der Waals surface area contributed by atoms with Crippen LogP contribution in [0, 0.1) is 0 Å². The van der Waals surface area contributed by atoms with E-state index in [1.807, 2.05) is 0 Å². The molecule has 1 N–H and O–H groups in total. The van der Waals surface area contributed by atoms with Crippen molar-refractivity contribution in [2.45, 2.75) is 57.1 Å². The summed E-state index contributed by atoms with van der Waals surface area (Å²) in [5, 5.41) is 10.4. The van der Waals surface area contributed by atoms with Gasteiger partial charge < -0.3 is 5.11 Å². The highest BCUT2D eigenvalue weighted by molar-refractivity contribution is 4.95. The maximum Gasteiger partial charge on any atom is 0.0799 e. The quantitative estimate of drug-likeness (QED) is 0.705. The van der Waals surface area contributed by atoms with Crippen molar-refractivity contribution >= 4 is 0 Å². The maximum absolute atomic E-state index is 10.4. The standard InChI is InChI=1S/C11H21NO/c1-10(12-8-4-5-9-12)11(13)6-2-3-7-11/h10,13H,2-9H2,1H3. The van der Waals surface area contributed by atoms with Crippen LogP contribution in [-0.4, -0.2) is 34.7 Å². The van der Waals surface area contributed by atoms with Gasteiger partial charge in [-0.15, -0.1) is 0 Å². The predicted molar refractivity (Wildman–Crippen MR) is 53.7 cm³/mol. The molecule has 0 aromatic rings. The normalized spacial score (nSPS) is 30.9. The third kappa shape index (κ3) is 1.75. The molecule has 2 rings (SSSR count). The fraction of sp³-hybridized carbons (Fsp3) is 1.00. The van der Waals surface area contributed by atoms with Crippen molar-refractivity contribution < 1.29 is 5.11 Å². The lowest BCUT2D eigenvalue weighted by Gasteiger charge is -2.36. The number of nitrogens with zero attached hydrogens (tertiary/aromatic N) is 1. The van der Waals surface area contributed by atoms with Crippen LogP contribution in [0.5, 0.6) is 0 Å². The molecule has 2 aliphatic rings. The topological polar surface area (TPSA) is 23.5 Å². The van der Waals surface area contributed by atoms with Gasteiger partial charge in [-0.1, -0.05) is 12.8 Å². The van der Waals surface area contributed by atoms with Crippen molar-refractivity contribution in [3.05, 3.63) is 0 Å². The summed E-state index contributed by atoms with van der Waals surface area (Å²) in [6.07, 6.45) is 7.11. The van der Waals surface area contributed by atoms with Gasteiger partial charge in [0.25, 0.3) is 0 Å². The number of hydrogen-bond donors (Lipinski definition) is 1. The van der Waals surface area contributed by atoms with Crippen molar-refractivity contribution in [3.8, 4) is 0 Å². The first-order valence-electron chi connectivity index (χ1n) is 5.69. The van der Waals surface area contributed by atoms with Crippen LogP contribution in [0.4, 0.5) is 0 Å². The Bertz CT molecular complexity index is 169. The first kappa shape index (κ1) is 9.47. The molecular weight excluding hydrogens is 162 g/mol. The van der Waals surface area contributed by atoms with Gasteiger partial charge in [-0.2, -0.15) is 0 Å². The number of likely N-dealkylation sites (tertiary alicyclic amines) is 1. The van der Waals surface area contributed by atoms with E-state index in [9.17, 15) is 5.11 Å². The molecule has 2 fully saturated rings. The summed E-state index contributed by atoms with van der Waals surface area (Å²) >= 11 is 0. The van der Waals surface area contributed by atoms with E-state index in [4.69, 9.17) is 0 Å². The second kappa shape index (κ2) is 3.58. The lowest BCUT2D eigenvalue weighted by molar-refractivity contribution is -0.0283. The number of hydrogen-bond acceptors (Lipinski definition) is 2. The Labute approximate surface area is 80.9 Å². The second-order valence-corrected chi connectivity index (χ2v) is 4.73. The van der Waals surface area contributed by atoms with E-state index in [0.717, 1.165) is 12.8 Å². The van der Waals surface area contributed by atoms with Gasteiger partial charge in [-0.05, 0) is 45.7 Å². The van der Waals surface area contributed by atoms with E-state index in [1.165, 1.54) is 38.8 Å². The zero-order chi connectivity index (χ0) is 9.31. The highest BCUT2D eigenvalue weighted by Gasteiger charge is 2.40. The zero-order valence-corrected chi connectivity index (χ0v) is 8.63. The van der Waals surface area contributed by atoms with Crippen molar-refractivity contribution in [1.29, 1.82) is 0 Å². The Morgan fingerprint density at radius 2 is 1.62 bits per heavy atom. The first-order valence-corrected chi connectivity index (χ1v) is 5.69. The van der Waals surface area contributed by atoms with Crippen molar-refractivity contribution in [3.63, 3.8) is 0 Å². The van der Waals surface area contributed by atoms with Crippen molar-refractivity contribution in [1.82, 2.24) is 4.90 Å². The minimum Gasteiger partial charge on any atom is -0.388 e. The molecule has 0 aromatic heterocycles. The Hall–Kier alpha value is -0.0800. The minimum atomic E-state index is -0.357. The van der Waals surface area contributed by atoms with Gasteiger partial charge in [-0.3, -0.25) is 4.90 Å². The van der Waals surface area contributed by atoms with Crippen LogP contribution < -0.4 is 0 Å². The molecule has 0 amide bonds. The predicted octanol–water partition coefficient (Wildman–Crippen LogP) is 1.78. The Balaban J connectivity index is 1.97. The van der Waals surface area contributed by atoms with Crippen LogP contribution in [-0.2, 0) is 0 Å². The molecule has 0 aromatic carbocycles. The van der Waals surface area contributed by atoms with Gasteiger partial charge in [0.1, 0.15) is 0 Å². The monoisotopic (exact) mass is 183 g/mol. The molecule has 1 heterocycles. The van der Waals surface area contributed by atoms with E-state index in [0.29, 0.717) is 6.04 Å². The highest BCUT2D eigenvalue weighted by atomic mass is 16.3. The van der Waals surface area contributed by atoms with Gasteiger partial charge in [-0.25, -0.2) is 0 Å². The van der Waals surface area contributed by atoms with E-state index < -0.39 is 0 Å². The summed E-state index contributed by atoms with van der Waals surface area (Å²) in [4.78, 5) is 2.46. The molecular formula is C11H21NO. The van der Waals surface area contributed by atoms with Crippen LogP contribution in [0.3, 0.4) is 0 Å². The molecule has 1 aliphatic heterocycles. The summed E-state index contributed by atoms with van der Waals surface area (Å²) in [7, 11) is 0. The fourth-order valence-corrected chi connectivity index (χ4v) is 2.87. The average Bonchev–Trinajstić information content (AvgIpc) is 2.73. The van der Waals surface area contributed by atoms with Crippen LogP contribution in [0.25, 0.3) is 0 Å². The van der Waals surface area contributed by atoms with Gasteiger partial charge in [0.2, 0.25) is 0 Å². The third-order valence-electron chi connectivity index (χ3n) is 3.94. The summed E-state index contributed by atoms with van der Waals surface area (Å²) in [6, 6.07) is 0.387. The van der Waals surface area contributed by atoms with Crippen LogP contribution >= 0.6 is 0 Å². The van der Waals surface area contributed by atoms with E-state index >= 15 is 0 Å². The Morgan fingerprint density at radius 3 is 2.15 bits per heavy atom. The van der Waals surface area contributed by atoms with E-state index in [2.05, 4.69) is 11.8 Å². The van der Waals surface area contributed by atoms with Crippen molar-refractivity contribution in [2.24, 2.45) is 0 Å².